The van der Waals surface area contributed by atoms with Crippen LogP contribution in [0.2, 0.25) is 0 Å². The van der Waals surface area contributed by atoms with Gasteiger partial charge in [-0.15, -0.1) is 0 Å². The van der Waals surface area contributed by atoms with Gasteiger partial charge in [0.25, 0.3) is 0 Å². The normalized spacial score (nSPS) is 40.8. The molecule has 1 spiro atoms. The molecule has 126 valence electrons. The van der Waals surface area contributed by atoms with Gasteiger partial charge in [-0.1, -0.05) is 12.1 Å². The van der Waals surface area contributed by atoms with Gasteiger partial charge in [0.1, 0.15) is 6.10 Å². The summed E-state index contributed by atoms with van der Waals surface area (Å²) in [6, 6.07) is 3.29. The summed E-state index contributed by atoms with van der Waals surface area (Å²) >= 11 is 0. The molecular weight excluding hydrogens is 306 g/mol. The van der Waals surface area contributed by atoms with Crippen molar-refractivity contribution in [1.82, 2.24) is 4.90 Å². The van der Waals surface area contributed by atoms with E-state index in [1.807, 2.05) is 18.2 Å². The smallest absolute Gasteiger partial charge is 0.303 e. The first-order chi connectivity index (χ1) is 12.7. The van der Waals surface area contributed by atoms with Gasteiger partial charge in [-0.25, -0.2) is 0 Å². The molecule has 5 nitrogen and oxygen atoms in total. The number of esters is 1. The summed E-state index contributed by atoms with van der Waals surface area (Å²) in [7, 11) is 0. The number of hydrogen-bond acceptors (Lipinski definition) is 5. The molecule has 0 amide bonds. The van der Waals surface area contributed by atoms with Gasteiger partial charge in [0, 0.05) is 34.0 Å². The Hall–Kier alpha value is -2.01. The fourth-order valence-electron chi connectivity index (χ4n) is 5.33. The van der Waals surface area contributed by atoms with E-state index in [0.29, 0.717) is 25.1 Å². The van der Waals surface area contributed by atoms with E-state index in [0.717, 1.165) is 11.1 Å². The Morgan fingerprint density at radius 2 is 2.38 bits per heavy atom. The number of phenolic OH excluding ortho intramolecular Hbond substituents is 1. The average Bonchev–Trinajstić information content (AvgIpc) is 2.91. The van der Waals surface area contributed by atoms with E-state index >= 15 is 0 Å². The predicted octanol–water partition coefficient (Wildman–Crippen LogP) is 1.77. The monoisotopic (exact) mass is 330 g/mol. The van der Waals surface area contributed by atoms with E-state index < -0.39 is 30.6 Å². The number of carbonyl (C=O) groups excluding carboxylic acids is 1. The second-order valence-electron chi connectivity index (χ2n) is 7.23. The van der Waals surface area contributed by atoms with Crippen LogP contribution in [0.1, 0.15) is 28.6 Å². The number of hydrogen-bond donors (Lipinski definition) is 1. The third-order valence-electron chi connectivity index (χ3n) is 6.15. The molecule has 4 aliphatic rings. The van der Waals surface area contributed by atoms with Gasteiger partial charge in [0.15, 0.2) is 17.6 Å². The molecule has 0 aromatic heterocycles. The summed E-state index contributed by atoms with van der Waals surface area (Å²) in [6.07, 6.45) is 3.96. The van der Waals surface area contributed by atoms with Crippen molar-refractivity contribution in [3.63, 3.8) is 0 Å². The molecule has 4 unspecified atom stereocenters. The van der Waals surface area contributed by atoms with Crippen molar-refractivity contribution in [1.29, 1.82) is 0 Å². The second kappa shape index (κ2) is 4.54. The van der Waals surface area contributed by atoms with Crippen molar-refractivity contribution in [2.75, 3.05) is 13.5 Å². The van der Waals surface area contributed by atoms with Crippen LogP contribution in [0.5, 0.6) is 11.5 Å². The molecule has 5 atom stereocenters. The lowest BCUT2D eigenvalue weighted by Gasteiger charge is -2.56. The topological polar surface area (TPSA) is 59.0 Å². The lowest BCUT2D eigenvalue weighted by Crippen LogP contribution is -2.65. The summed E-state index contributed by atoms with van der Waals surface area (Å²) in [5.74, 6) is 0.0773. The summed E-state index contributed by atoms with van der Waals surface area (Å²) < 4.78 is 35.6. The summed E-state index contributed by atoms with van der Waals surface area (Å²) in [6.45, 7) is -0.394. The minimum absolute atomic E-state index is 0.0703. The van der Waals surface area contributed by atoms with Crippen LogP contribution in [0.25, 0.3) is 0 Å². The fourth-order valence-corrected chi connectivity index (χ4v) is 5.33. The summed E-state index contributed by atoms with van der Waals surface area (Å²) in [5.41, 5.74) is 1.50. The van der Waals surface area contributed by atoms with Crippen molar-refractivity contribution in [2.24, 2.45) is 5.92 Å². The summed E-state index contributed by atoms with van der Waals surface area (Å²) in [5, 5.41) is 10.4. The zero-order valence-electron chi connectivity index (χ0n) is 16.4. The van der Waals surface area contributed by atoms with Crippen LogP contribution in [0.3, 0.4) is 0 Å². The zero-order chi connectivity index (χ0) is 19.1. The Morgan fingerprint density at radius 3 is 3.17 bits per heavy atom. The van der Waals surface area contributed by atoms with Crippen LogP contribution in [-0.4, -0.2) is 47.7 Å². The molecule has 5 heteroatoms. The van der Waals surface area contributed by atoms with E-state index in [2.05, 4.69) is 0 Å². The second-order valence-corrected chi connectivity index (χ2v) is 7.23. The third kappa shape index (κ3) is 1.56. The number of phenols is 1. The van der Waals surface area contributed by atoms with Gasteiger partial charge in [-0.3, -0.25) is 4.79 Å². The third-order valence-corrected chi connectivity index (χ3v) is 6.15. The van der Waals surface area contributed by atoms with Crippen LogP contribution in [0.4, 0.5) is 0 Å². The quantitative estimate of drug-likeness (QED) is 0.628. The maximum Gasteiger partial charge on any atom is 0.303 e. The van der Waals surface area contributed by atoms with Crippen molar-refractivity contribution >= 4 is 5.97 Å². The molecule has 1 aromatic carbocycles. The van der Waals surface area contributed by atoms with Gasteiger partial charge < -0.3 is 19.5 Å². The SMILES string of the molecule is [2H]C([2H])([2H])N1CC[C@]23c4c5ccc(O)c4OC2C(OC(C)=O)C=CC3C1C5. The van der Waals surface area contributed by atoms with Crippen LogP contribution >= 0.6 is 0 Å². The number of benzene rings is 1. The molecule has 24 heavy (non-hydrogen) atoms. The molecule has 2 heterocycles. The maximum atomic E-state index is 11.6. The van der Waals surface area contributed by atoms with E-state index in [-0.39, 0.29) is 17.7 Å². The number of ether oxygens (including phenoxy) is 2. The molecular formula is C19H21NO4. The van der Waals surface area contributed by atoms with Gasteiger partial charge in [-0.2, -0.15) is 0 Å². The zero-order valence-corrected chi connectivity index (χ0v) is 13.4. The van der Waals surface area contributed by atoms with Crippen LogP contribution in [-0.2, 0) is 21.4 Å². The average molecular weight is 330 g/mol. The Labute approximate surface area is 145 Å². The van der Waals surface area contributed by atoms with Crippen LogP contribution in [0.15, 0.2) is 24.3 Å². The Kier molecular flexibility index (Phi) is 2.18. The molecule has 5 rings (SSSR count). The van der Waals surface area contributed by atoms with E-state index in [1.54, 1.807) is 11.0 Å². The highest BCUT2D eigenvalue weighted by Crippen LogP contribution is 2.62. The number of piperidine rings is 1. The maximum absolute atomic E-state index is 11.6. The molecule has 1 N–H and O–H groups in total. The number of aromatic hydroxyl groups is 1. The van der Waals surface area contributed by atoms with Crippen molar-refractivity contribution in [3.8, 4) is 11.5 Å². The molecule has 2 bridgehead atoms. The number of carbonyl (C=O) groups is 1. The molecule has 1 fully saturated rings. The predicted molar refractivity (Wildman–Crippen MR) is 87.1 cm³/mol. The fraction of sp³-hybridized carbons (Fsp3) is 0.526. The number of rotatable bonds is 1. The van der Waals surface area contributed by atoms with Gasteiger partial charge in [0.05, 0.1) is 0 Å². The Balaban J connectivity index is 1.71. The molecule has 2 aliphatic heterocycles. The first-order valence-corrected chi connectivity index (χ1v) is 8.38. The van der Waals surface area contributed by atoms with Crippen molar-refractivity contribution in [3.05, 3.63) is 35.4 Å². The molecule has 0 saturated carbocycles. The number of nitrogens with zero attached hydrogens (tertiary/aromatic N) is 1. The highest BCUT2D eigenvalue weighted by molar-refractivity contribution is 5.67. The van der Waals surface area contributed by atoms with Crippen molar-refractivity contribution < 1.29 is 23.5 Å². The first-order valence-electron chi connectivity index (χ1n) is 9.88. The van der Waals surface area contributed by atoms with Crippen LogP contribution < -0.4 is 4.74 Å². The van der Waals surface area contributed by atoms with Gasteiger partial charge in [0.2, 0.25) is 0 Å². The molecule has 2 aliphatic carbocycles. The summed E-state index contributed by atoms with van der Waals surface area (Å²) in [4.78, 5) is 13.2. The largest absolute Gasteiger partial charge is 0.504 e. The lowest BCUT2D eigenvalue weighted by atomic mass is 9.53. The minimum atomic E-state index is -2.17. The molecule has 1 aromatic rings. The minimum Gasteiger partial charge on any atom is -0.504 e. The molecule has 1 saturated heterocycles. The van der Waals surface area contributed by atoms with E-state index in [4.69, 9.17) is 13.6 Å². The van der Waals surface area contributed by atoms with E-state index in [1.165, 1.54) is 6.92 Å². The highest BCUT2D eigenvalue weighted by atomic mass is 16.6. The molecule has 0 radical (unpaired) electrons. The van der Waals surface area contributed by atoms with E-state index in [9.17, 15) is 9.90 Å². The number of likely N-dealkylation sites (N-methyl/N-ethyl adjacent to an activating group) is 1. The van der Waals surface area contributed by atoms with Gasteiger partial charge >= 0.3 is 5.97 Å². The number of likely N-dealkylation sites (tertiary alicyclic amines) is 1. The van der Waals surface area contributed by atoms with Crippen LogP contribution in [0, 0.1) is 5.92 Å². The first kappa shape index (κ1) is 11.5. The Morgan fingerprint density at radius 1 is 1.50 bits per heavy atom. The highest BCUT2D eigenvalue weighted by Gasteiger charge is 2.64. The standard InChI is InChI=1S/C19H21NO4/c1-10(21)23-15-6-4-12-13-9-11-3-5-14(22)17-16(11)19(12,18(15)24-17)7-8-20(13)2/h3-6,12-13,15,18,22H,7-9H2,1-2H3/t12?,13?,15?,18?,19-/m0/s1/i2D3. The van der Waals surface area contributed by atoms with Crippen molar-refractivity contribution in [2.45, 2.75) is 43.4 Å². The Bertz CT molecular complexity index is 867. The van der Waals surface area contributed by atoms with Gasteiger partial charge in [-0.05, 0) is 44.1 Å². The lowest BCUT2D eigenvalue weighted by molar-refractivity contribution is -0.152.